The number of para-hydroxylation sites is 1. The number of hydrogen-bond acceptors (Lipinski definition) is 21. The fourth-order valence-corrected chi connectivity index (χ4v) is 10.8. The van der Waals surface area contributed by atoms with Crippen molar-refractivity contribution >= 4 is 63.9 Å². The Balaban J connectivity index is 0.814. The molecule has 91 heavy (non-hydrogen) atoms. The minimum Gasteiger partial charge on any atom is -0.495 e. The van der Waals surface area contributed by atoms with Crippen molar-refractivity contribution in [3.8, 4) is 5.75 Å². The number of carbonyl (C=O) groups is 6. The van der Waals surface area contributed by atoms with Gasteiger partial charge >= 0.3 is 12.1 Å². The number of nitrogens with one attached hydrogen (secondary N) is 4. The summed E-state index contributed by atoms with van der Waals surface area (Å²) in [5.74, 6) is -2.90. The third-order valence-electron chi connectivity index (χ3n) is 16.2. The lowest BCUT2D eigenvalue weighted by Gasteiger charge is -2.41. The van der Waals surface area contributed by atoms with Crippen molar-refractivity contribution in [2.24, 2.45) is 5.92 Å². The molecular formula is C63H93ClN8O19. The lowest BCUT2D eigenvalue weighted by molar-refractivity contribution is -0.162. The normalized spacial score (nSPS) is 23.5. The van der Waals surface area contributed by atoms with E-state index in [1.807, 2.05) is 50.3 Å². The maximum absolute atomic E-state index is 14.3. The summed E-state index contributed by atoms with van der Waals surface area (Å²) in [5.41, 5.74) is 3.62. The Kier molecular flexibility index (Phi) is 29.4. The highest BCUT2D eigenvalue weighted by Crippen LogP contribution is 2.49. The van der Waals surface area contributed by atoms with E-state index < -0.39 is 90.1 Å². The van der Waals surface area contributed by atoms with Crippen molar-refractivity contribution in [2.75, 3.05) is 133 Å². The van der Waals surface area contributed by atoms with Crippen LogP contribution in [0.2, 0.25) is 5.02 Å². The zero-order valence-corrected chi connectivity index (χ0v) is 54.5. The van der Waals surface area contributed by atoms with E-state index in [1.54, 1.807) is 45.2 Å². The van der Waals surface area contributed by atoms with Crippen LogP contribution in [0.25, 0.3) is 10.9 Å². The molecule has 3 aromatic rings. The van der Waals surface area contributed by atoms with Gasteiger partial charge in [0.15, 0.2) is 5.72 Å². The quantitative estimate of drug-likeness (QED) is 0.0196. The second kappa shape index (κ2) is 36.2. The number of allylic oxidation sites excluding steroid dienone is 3. The van der Waals surface area contributed by atoms with Gasteiger partial charge in [-0.05, 0) is 69.5 Å². The summed E-state index contributed by atoms with van der Waals surface area (Å²) in [6.07, 6.45) is -0.936. The van der Waals surface area contributed by atoms with Gasteiger partial charge in [0.05, 0.1) is 124 Å². The lowest BCUT2D eigenvalue weighted by Crippen LogP contribution is -2.63. The summed E-state index contributed by atoms with van der Waals surface area (Å²) < 4.78 is 59.0. The van der Waals surface area contributed by atoms with Crippen molar-refractivity contribution in [1.82, 2.24) is 35.9 Å². The maximum atomic E-state index is 14.3. The molecule has 7 N–H and O–H groups in total. The van der Waals surface area contributed by atoms with E-state index in [9.17, 15) is 44.1 Å². The van der Waals surface area contributed by atoms with E-state index in [0.717, 1.165) is 27.7 Å². The third kappa shape index (κ3) is 21.6. The van der Waals surface area contributed by atoms with Gasteiger partial charge < -0.3 is 87.7 Å². The highest BCUT2D eigenvalue weighted by atomic mass is 35.5. The number of nitrogens with zero attached hydrogens (tertiary/aromatic N) is 4. The highest BCUT2D eigenvalue weighted by Gasteiger charge is 2.64. The summed E-state index contributed by atoms with van der Waals surface area (Å²) in [6, 6.07) is 11.3. The van der Waals surface area contributed by atoms with Crippen molar-refractivity contribution in [2.45, 2.75) is 121 Å². The van der Waals surface area contributed by atoms with E-state index in [4.69, 9.17) is 59.0 Å². The number of epoxide rings is 1. The Morgan fingerprint density at radius 1 is 0.912 bits per heavy atom. The number of benzene rings is 2. The average Bonchev–Trinajstić information content (AvgIpc) is 1.60. The van der Waals surface area contributed by atoms with Gasteiger partial charge in [-0.1, -0.05) is 60.5 Å². The van der Waals surface area contributed by atoms with E-state index in [0.29, 0.717) is 77.2 Å². The fourth-order valence-electron chi connectivity index (χ4n) is 10.5. The number of halogens is 1. The number of esters is 1. The molecule has 2 fully saturated rings. The lowest BCUT2D eigenvalue weighted by atomic mass is 9.83. The SMILES string of the molecule is CNN(C)Cc1cc2ccccc2n1CCC(=O)N[C@@H](CO)C(=O)NCCOCCOCCOCCOCCOCCOCCC(=O)N(C)[C@@H](C)C(=O)O[C@H]1CC(=O)N(C)c2cc(cc(OC)c2Cl)C/C(C)=C/C=C/[C@@H](O)[C@@]2(O)C[C@H](OC(=O)N2)[C@@H](C)C2O[C@]21C. The number of alkyl carbamates (subject to hydrolysis) is 1. The van der Waals surface area contributed by atoms with Crippen LogP contribution in [-0.2, 0) is 86.1 Å². The Hall–Kier alpha value is -6.31. The van der Waals surface area contributed by atoms with Crippen LogP contribution < -0.4 is 31.0 Å². The van der Waals surface area contributed by atoms with Crippen LogP contribution in [0.1, 0.15) is 64.6 Å². The van der Waals surface area contributed by atoms with Crippen LogP contribution >= 0.6 is 11.6 Å². The van der Waals surface area contributed by atoms with Gasteiger partial charge in [-0.2, -0.15) is 0 Å². The van der Waals surface area contributed by atoms with Crippen LogP contribution in [0.5, 0.6) is 5.75 Å². The minimum absolute atomic E-state index is 0.0458. The molecule has 27 nitrogen and oxygen atoms in total. The van der Waals surface area contributed by atoms with Crippen molar-refractivity contribution in [3.05, 3.63) is 82.5 Å². The first-order valence-electron chi connectivity index (χ1n) is 30.6. The zero-order valence-electron chi connectivity index (χ0n) is 53.7. The number of anilines is 1. The van der Waals surface area contributed by atoms with Crippen molar-refractivity contribution < 1.29 is 91.5 Å². The largest absolute Gasteiger partial charge is 0.495 e. The number of methoxy groups -OCH3 is 1. The van der Waals surface area contributed by atoms with Crippen LogP contribution in [-0.4, -0.2) is 241 Å². The number of ether oxygens (including phenoxy) is 10. The van der Waals surface area contributed by atoms with E-state index in [-0.39, 0.29) is 76.2 Å². The van der Waals surface area contributed by atoms with E-state index >= 15 is 0 Å². The maximum Gasteiger partial charge on any atom is 0.409 e. The molecule has 0 radical (unpaired) electrons. The van der Waals surface area contributed by atoms with Gasteiger partial charge in [0.2, 0.25) is 23.6 Å². The van der Waals surface area contributed by atoms with Gasteiger partial charge in [0.25, 0.3) is 0 Å². The molecule has 506 valence electrons. The third-order valence-corrected chi connectivity index (χ3v) is 16.6. The average molecular weight is 1300 g/mol. The van der Waals surface area contributed by atoms with Gasteiger partial charge in [-0.15, -0.1) is 0 Å². The smallest absolute Gasteiger partial charge is 0.409 e. The highest BCUT2D eigenvalue weighted by molar-refractivity contribution is 6.35. The van der Waals surface area contributed by atoms with Crippen LogP contribution in [0.15, 0.2) is 66.3 Å². The zero-order chi connectivity index (χ0) is 66.3. The molecule has 0 aliphatic carbocycles. The first-order chi connectivity index (χ1) is 43.5. The number of fused-ring (bicyclic) bond motifs is 6. The summed E-state index contributed by atoms with van der Waals surface area (Å²) in [5, 5.41) is 43.3. The Bertz CT molecular complexity index is 2950. The molecule has 3 aliphatic rings. The molecule has 1 unspecified atom stereocenters. The van der Waals surface area contributed by atoms with Gasteiger partial charge in [0.1, 0.15) is 46.8 Å². The molecule has 2 aromatic carbocycles. The van der Waals surface area contributed by atoms with Gasteiger partial charge in [-0.25, -0.2) is 14.6 Å². The molecule has 0 spiro atoms. The summed E-state index contributed by atoms with van der Waals surface area (Å²) in [4.78, 5) is 82.6. The van der Waals surface area contributed by atoms with Crippen molar-refractivity contribution in [3.63, 3.8) is 0 Å². The number of hydrazine groups is 1. The number of aromatic nitrogens is 1. The second-order valence-corrected chi connectivity index (χ2v) is 23.3. The van der Waals surface area contributed by atoms with Crippen LogP contribution in [0.4, 0.5) is 10.5 Å². The monoisotopic (exact) mass is 1300 g/mol. The Morgan fingerprint density at radius 3 is 2.16 bits per heavy atom. The second-order valence-electron chi connectivity index (χ2n) is 22.9. The van der Waals surface area contributed by atoms with Crippen LogP contribution in [0, 0.1) is 5.92 Å². The predicted octanol–water partition coefficient (Wildman–Crippen LogP) is 2.55. The summed E-state index contributed by atoms with van der Waals surface area (Å²) in [7, 11) is 8.22. The van der Waals surface area contributed by atoms with E-state index in [1.165, 1.54) is 37.0 Å². The number of hydrogen-bond donors (Lipinski definition) is 7. The number of aliphatic hydroxyl groups excluding tert-OH is 2. The number of aliphatic hydroxyl groups is 3. The molecule has 4 heterocycles. The molecule has 6 rings (SSSR count). The molecule has 0 saturated carbocycles. The summed E-state index contributed by atoms with van der Waals surface area (Å²) in [6.45, 7) is 10.7. The van der Waals surface area contributed by atoms with Gasteiger partial charge in [-0.3, -0.25) is 29.9 Å². The molecular weight excluding hydrogens is 1210 g/mol. The number of rotatable bonds is 34. The minimum atomic E-state index is -2.10. The molecule has 9 atom stereocenters. The molecule has 2 saturated heterocycles. The Morgan fingerprint density at radius 2 is 1.54 bits per heavy atom. The topological polar surface area (TPSA) is 321 Å². The fraction of sp³-hybridized carbons (Fsp3) is 0.619. The molecule has 3 aliphatic heterocycles. The summed E-state index contributed by atoms with van der Waals surface area (Å²) >= 11 is 6.79. The molecule has 1 aromatic heterocycles. The van der Waals surface area contributed by atoms with E-state index in [2.05, 4.69) is 32.0 Å². The first kappa shape index (κ1) is 73.7. The number of aryl methyl sites for hydroxylation is 1. The molecule has 4 bridgehead atoms. The Labute approximate surface area is 536 Å². The van der Waals surface area contributed by atoms with Crippen molar-refractivity contribution in [1.29, 1.82) is 0 Å². The first-order valence-corrected chi connectivity index (χ1v) is 31.0. The standard InChI is InChI=1S/C63H93ClN8O19/c1-41-13-12-16-52(74)63(81)38-51(89-61(80)68-63)42(2)58-62(4,91-58)53(37-56(77)71(8)49-34-44(33-41)35-50(82-9)57(49)64)90-60(79)43(3)70(7)55(76)18-21-83-23-25-85-27-29-87-31-32-88-30-28-86-26-24-84-22-19-66-59(78)47(40-73)67-54(75)17-20-72-46(39-69(6)65-5)36-45-14-10-11-15-48(45)72/h10-16,34-36,42-43,47,51-53,58,65,73-74,81H,17-33,37-40H2,1-9H3,(H,66,78)(H,67,75)(H,68,80)/b16-12+,41-13+/t42-,43+,47+,51+,52-,53+,58?,62+,63+/m1/s1. The van der Waals surface area contributed by atoms with Gasteiger partial charge in [0, 0.05) is 64.2 Å². The predicted molar refractivity (Wildman–Crippen MR) is 335 cm³/mol. The number of carbonyl (C=O) groups excluding carboxylic acids is 6. The number of likely N-dealkylation sites (N-methyl/N-ethyl adjacent to an activating group) is 1. The molecule has 28 heteroatoms. The number of amides is 5. The molecule has 5 amide bonds. The van der Waals surface area contributed by atoms with Crippen LogP contribution in [0.3, 0.4) is 0 Å².